The van der Waals surface area contributed by atoms with E-state index in [1.165, 1.54) is 32.1 Å². The summed E-state index contributed by atoms with van der Waals surface area (Å²) >= 11 is 0. The van der Waals surface area contributed by atoms with E-state index in [0.29, 0.717) is 17.7 Å². The van der Waals surface area contributed by atoms with E-state index in [0.717, 1.165) is 12.1 Å². The Kier molecular flexibility index (Phi) is 2.15. The molecule has 2 heteroatoms. The first kappa shape index (κ1) is 9.20. The minimum Gasteiger partial charge on any atom is -0.341 e. The summed E-state index contributed by atoms with van der Waals surface area (Å²) in [6, 6.07) is 4.46. The highest BCUT2D eigenvalue weighted by Gasteiger charge is 2.38. The van der Waals surface area contributed by atoms with Gasteiger partial charge in [0.05, 0.1) is 5.69 Å². The molecule has 1 saturated carbocycles. The Morgan fingerprint density at radius 3 is 2.80 bits per heavy atom. The Hall–Kier alpha value is -1.05. The van der Waals surface area contributed by atoms with Crippen LogP contribution in [-0.4, -0.2) is 10.4 Å². The van der Waals surface area contributed by atoms with Gasteiger partial charge in [-0.25, -0.2) is 0 Å². The average molecular weight is 203 g/mol. The first-order chi connectivity index (χ1) is 7.38. The van der Waals surface area contributed by atoms with Gasteiger partial charge in [-0.15, -0.1) is 0 Å². The molecule has 2 nitrogen and oxygen atoms in total. The number of aromatic nitrogens is 1. The van der Waals surface area contributed by atoms with Crippen LogP contribution in [0.1, 0.15) is 55.1 Å². The molecule has 2 heterocycles. The quantitative estimate of drug-likeness (QED) is 0.634. The largest absolute Gasteiger partial charge is 0.341 e. The molecule has 80 valence electrons. The number of Topliss-reactive ketones (excluding diaryl/α,β-unsaturated/α-hetero) is 1. The SMILES string of the molecule is O=C1c2cccn2[C@@H]2CCCCCC[C@H]12. The molecule has 0 saturated heterocycles. The van der Waals surface area contributed by atoms with Crippen LogP contribution in [0.2, 0.25) is 0 Å². The topological polar surface area (TPSA) is 22.0 Å². The van der Waals surface area contributed by atoms with Crippen molar-refractivity contribution in [2.45, 2.75) is 44.6 Å². The molecule has 2 atom stereocenters. The van der Waals surface area contributed by atoms with Crippen molar-refractivity contribution in [1.29, 1.82) is 0 Å². The van der Waals surface area contributed by atoms with Gasteiger partial charge < -0.3 is 4.57 Å². The van der Waals surface area contributed by atoms with Gasteiger partial charge >= 0.3 is 0 Å². The molecule has 15 heavy (non-hydrogen) atoms. The lowest BCUT2D eigenvalue weighted by Crippen LogP contribution is -2.17. The van der Waals surface area contributed by atoms with Crippen molar-refractivity contribution in [3.8, 4) is 0 Å². The summed E-state index contributed by atoms with van der Waals surface area (Å²) in [6.45, 7) is 0. The first-order valence-corrected chi connectivity index (χ1v) is 6.09. The standard InChI is InChI=1S/C13H17NO/c15-13-10-6-3-1-2-4-7-11(10)14-9-5-8-12(13)14/h5,8-11H,1-4,6-7H2/t10-,11+/m0/s1. The number of fused-ring (bicyclic) bond motifs is 3. The van der Waals surface area contributed by atoms with Gasteiger partial charge in [-0.05, 0) is 25.0 Å². The van der Waals surface area contributed by atoms with Crippen molar-refractivity contribution in [1.82, 2.24) is 4.57 Å². The van der Waals surface area contributed by atoms with Crippen LogP contribution < -0.4 is 0 Å². The lowest BCUT2D eigenvalue weighted by molar-refractivity contribution is 0.0903. The van der Waals surface area contributed by atoms with E-state index in [-0.39, 0.29) is 0 Å². The fraction of sp³-hybridized carbons (Fsp3) is 0.615. The number of hydrogen-bond acceptors (Lipinski definition) is 1. The molecule has 0 radical (unpaired) electrons. The van der Waals surface area contributed by atoms with Gasteiger partial charge in [-0.3, -0.25) is 4.79 Å². The third-order valence-corrected chi connectivity index (χ3v) is 3.95. The highest BCUT2D eigenvalue weighted by Crippen LogP contribution is 2.39. The summed E-state index contributed by atoms with van der Waals surface area (Å²) < 4.78 is 2.22. The van der Waals surface area contributed by atoms with Gasteiger partial charge in [0.2, 0.25) is 0 Å². The molecule has 1 aliphatic heterocycles. The molecule has 3 rings (SSSR count). The van der Waals surface area contributed by atoms with Crippen LogP contribution >= 0.6 is 0 Å². The molecule has 1 fully saturated rings. The molecule has 0 bridgehead atoms. The Balaban J connectivity index is 1.95. The molecule has 0 amide bonds. The second-order valence-electron chi connectivity index (χ2n) is 4.83. The monoisotopic (exact) mass is 203 g/mol. The highest BCUT2D eigenvalue weighted by atomic mass is 16.1. The number of hydrogen-bond donors (Lipinski definition) is 0. The number of ketones is 1. The van der Waals surface area contributed by atoms with Crippen LogP contribution in [0.15, 0.2) is 18.3 Å². The lowest BCUT2D eigenvalue weighted by atomic mass is 9.86. The lowest BCUT2D eigenvalue weighted by Gasteiger charge is -2.22. The van der Waals surface area contributed by atoms with Crippen LogP contribution in [0.4, 0.5) is 0 Å². The molecular formula is C13H17NO. The van der Waals surface area contributed by atoms with Gasteiger partial charge in [0.1, 0.15) is 0 Å². The van der Waals surface area contributed by atoms with E-state index in [2.05, 4.69) is 10.8 Å². The zero-order valence-electron chi connectivity index (χ0n) is 8.98. The minimum absolute atomic E-state index is 0.293. The first-order valence-electron chi connectivity index (χ1n) is 6.09. The summed E-state index contributed by atoms with van der Waals surface area (Å²) in [4.78, 5) is 12.1. The second kappa shape index (κ2) is 3.51. The molecule has 1 aromatic heterocycles. The summed E-state index contributed by atoms with van der Waals surface area (Å²) in [5.41, 5.74) is 0.951. The van der Waals surface area contributed by atoms with E-state index < -0.39 is 0 Å². The number of carbonyl (C=O) groups excluding carboxylic acids is 1. The third-order valence-electron chi connectivity index (χ3n) is 3.95. The Bertz CT molecular complexity index is 380. The van der Waals surface area contributed by atoms with Crippen LogP contribution in [0.3, 0.4) is 0 Å². The maximum absolute atomic E-state index is 12.1. The number of nitrogens with zero attached hydrogens (tertiary/aromatic N) is 1. The highest BCUT2D eigenvalue weighted by molar-refractivity contribution is 5.99. The van der Waals surface area contributed by atoms with E-state index in [1.54, 1.807) is 0 Å². The maximum atomic E-state index is 12.1. The van der Waals surface area contributed by atoms with E-state index in [1.807, 2.05) is 12.1 Å². The van der Waals surface area contributed by atoms with Crippen LogP contribution in [0.25, 0.3) is 0 Å². The van der Waals surface area contributed by atoms with Crippen LogP contribution in [0.5, 0.6) is 0 Å². The van der Waals surface area contributed by atoms with E-state index in [9.17, 15) is 4.79 Å². The smallest absolute Gasteiger partial charge is 0.184 e. The normalized spacial score (nSPS) is 30.5. The van der Waals surface area contributed by atoms with Gasteiger partial charge in [-0.2, -0.15) is 0 Å². The Morgan fingerprint density at radius 1 is 1.13 bits per heavy atom. The third kappa shape index (κ3) is 1.35. The number of carbonyl (C=O) groups is 1. The van der Waals surface area contributed by atoms with E-state index >= 15 is 0 Å². The minimum atomic E-state index is 0.293. The molecule has 2 aliphatic rings. The fourth-order valence-corrected chi connectivity index (χ4v) is 3.19. The number of rotatable bonds is 0. The van der Waals surface area contributed by atoms with Gasteiger partial charge in [0.25, 0.3) is 0 Å². The van der Waals surface area contributed by atoms with Crippen molar-refractivity contribution in [2.24, 2.45) is 5.92 Å². The van der Waals surface area contributed by atoms with Gasteiger partial charge in [0, 0.05) is 18.2 Å². The molecule has 1 aliphatic carbocycles. The predicted molar refractivity (Wildman–Crippen MR) is 59.0 cm³/mol. The Morgan fingerprint density at radius 2 is 1.93 bits per heavy atom. The van der Waals surface area contributed by atoms with Crippen molar-refractivity contribution in [2.75, 3.05) is 0 Å². The summed E-state index contributed by atoms with van der Waals surface area (Å²) in [5, 5.41) is 0. The molecule has 1 aromatic rings. The summed E-state index contributed by atoms with van der Waals surface area (Å²) in [6.07, 6.45) is 9.55. The van der Waals surface area contributed by atoms with Gasteiger partial charge in [-0.1, -0.05) is 25.7 Å². The van der Waals surface area contributed by atoms with Crippen molar-refractivity contribution in [3.63, 3.8) is 0 Å². The van der Waals surface area contributed by atoms with Gasteiger partial charge in [0.15, 0.2) is 5.78 Å². The molecule has 0 unspecified atom stereocenters. The maximum Gasteiger partial charge on any atom is 0.184 e. The molecule has 0 N–H and O–H groups in total. The fourth-order valence-electron chi connectivity index (χ4n) is 3.19. The zero-order chi connectivity index (χ0) is 10.3. The predicted octanol–water partition coefficient (Wildman–Crippen LogP) is 3.20. The summed E-state index contributed by atoms with van der Waals surface area (Å²) in [5.74, 6) is 0.688. The van der Waals surface area contributed by atoms with Crippen molar-refractivity contribution in [3.05, 3.63) is 24.0 Å². The molecular weight excluding hydrogens is 186 g/mol. The molecule has 0 spiro atoms. The molecule has 0 aromatic carbocycles. The summed E-state index contributed by atoms with van der Waals surface area (Å²) in [7, 11) is 0. The second-order valence-corrected chi connectivity index (χ2v) is 4.83. The average Bonchev–Trinajstić information content (AvgIpc) is 2.72. The van der Waals surface area contributed by atoms with Crippen LogP contribution in [-0.2, 0) is 0 Å². The zero-order valence-corrected chi connectivity index (χ0v) is 8.98. The Labute approximate surface area is 90.3 Å². The van der Waals surface area contributed by atoms with Crippen LogP contribution in [0, 0.1) is 5.92 Å². The van der Waals surface area contributed by atoms with Crippen molar-refractivity contribution >= 4 is 5.78 Å². The van der Waals surface area contributed by atoms with Crippen molar-refractivity contribution < 1.29 is 4.79 Å². The van der Waals surface area contributed by atoms with E-state index in [4.69, 9.17) is 0 Å².